The molecule has 3 heteroatoms. The van der Waals surface area contributed by atoms with Crippen LogP contribution in [0.1, 0.15) is 11.3 Å². The maximum absolute atomic E-state index is 9.66. The summed E-state index contributed by atoms with van der Waals surface area (Å²) in [5.74, 6) is 0. The molecule has 2 rings (SSSR count). The van der Waals surface area contributed by atoms with Crippen LogP contribution in [0.2, 0.25) is 0 Å². The molecule has 0 aliphatic carbocycles. The highest BCUT2D eigenvalue weighted by molar-refractivity contribution is 5.85. The number of hydrogen-bond acceptors (Lipinski definition) is 2. The minimum Gasteiger partial charge on any atom is -0.390 e. The van der Waals surface area contributed by atoms with Crippen molar-refractivity contribution in [1.82, 2.24) is 4.57 Å². The Kier molecular flexibility index (Phi) is 2.99. The van der Waals surface area contributed by atoms with E-state index in [2.05, 4.69) is 30.5 Å². The van der Waals surface area contributed by atoms with Crippen molar-refractivity contribution >= 4 is 10.9 Å². The number of para-hydroxylation sites is 1. The van der Waals surface area contributed by atoms with Gasteiger partial charge in [0.05, 0.1) is 12.6 Å². The predicted molar refractivity (Wildman–Crippen MR) is 66.5 cm³/mol. The molecule has 86 valence electrons. The minimum absolute atomic E-state index is 0.297. The number of nitrogens with zero attached hydrogens (tertiary/aromatic N) is 1. The van der Waals surface area contributed by atoms with Crippen molar-refractivity contribution in [3.05, 3.63) is 35.5 Å². The monoisotopic (exact) mass is 218 g/mol. The van der Waals surface area contributed by atoms with Gasteiger partial charge < -0.3 is 15.4 Å². The van der Waals surface area contributed by atoms with Crippen LogP contribution in [-0.4, -0.2) is 22.3 Å². The standard InChI is InChI=1S/C13H18N2O/c1-9-10(2)15(8-11(16)7-14)13-6-4-3-5-12(9)13/h3-6,11,16H,7-8,14H2,1-2H3. The molecule has 0 amide bonds. The van der Waals surface area contributed by atoms with Gasteiger partial charge >= 0.3 is 0 Å². The predicted octanol–water partition coefficient (Wildman–Crippen LogP) is 1.58. The summed E-state index contributed by atoms with van der Waals surface area (Å²) in [4.78, 5) is 0. The third-order valence-electron chi connectivity index (χ3n) is 3.21. The molecule has 1 heterocycles. The SMILES string of the molecule is Cc1c(C)n(CC(O)CN)c2ccccc12. The van der Waals surface area contributed by atoms with Gasteiger partial charge in [0.2, 0.25) is 0 Å². The van der Waals surface area contributed by atoms with Crippen molar-refractivity contribution in [3.63, 3.8) is 0 Å². The molecule has 3 N–H and O–H groups in total. The van der Waals surface area contributed by atoms with Crippen molar-refractivity contribution in [1.29, 1.82) is 0 Å². The van der Waals surface area contributed by atoms with Crippen LogP contribution in [0.4, 0.5) is 0 Å². The van der Waals surface area contributed by atoms with Crippen LogP contribution in [0.15, 0.2) is 24.3 Å². The van der Waals surface area contributed by atoms with Crippen molar-refractivity contribution in [2.24, 2.45) is 5.73 Å². The molecule has 0 aliphatic rings. The van der Waals surface area contributed by atoms with Crippen molar-refractivity contribution < 1.29 is 5.11 Å². The first kappa shape index (κ1) is 11.2. The van der Waals surface area contributed by atoms with Gasteiger partial charge in [-0.25, -0.2) is 0 Å². The molecule has 16 heavy (non-hydrogen) atoms. The second-order valence-electron chi connectivity index (χ2n) is 4.23. The molecule has 2 aromatic rings. The molecule has 0 radical (unpaired) electrons. The zero-order valence-corrected chi connectivity index (χ0v) is 9.77. The van der Waals surface area contributed by atoms with Gasteiger partial charge in [0, 0.05) is 23.1 Å². The topological polar surface area (TPSA) is 51.2 Å². The summed E-state index contributed by atoms with van der Waals surface area (Å²) in [6, 6.07) is 8.26. The van der Waals surface area contributed by atoms with E-state index >= 15 is 0 Å². The van der Waals surface area contributed by atoms with E-state index in [1.54, 1.807) is 0 Å². The van der Waals surface area contributed by atoms with Crippen LogP contribution in [0.25, 0.3) is 10.9 Å². The molecule has 0 saturated heterocycles. The van der Waals surface area contributed by atoms with E-state index in [0.29, 0.717) is 13.1 Å². The number of aryl methyl sites for hydroxylation is 1. The Hall–Kier alpha value is -1.32. The number of rotatable bonds is 3. The Bertz CT molecular complexity index is 502. The third kappa shape index (κ3) is 1.72. The van der Waals surface area contributed by atoms with Gasteiger partial charge in [0.15, 0.2) is 0 Å². The van der Waals surface area contributed by atoms with E-state index in [4.69, 9.17) is 5.73 Å². The lowest BCUT2D eigenvalue weighted by atomic mass is 10.2. The first-order valence-corrected chi connectivity index (χ1v) is 5.57. The van der Waals surface area contributed by atoms with Gasteiger partial charge in [-0.1, -0.05) is 18.2 Å². The molecule has 1 atom stereocenters. The molecule has 0 spiro atoms. The van der Waals surface area contributed by atoms with E-state index in [-0.39, 0.29) is 0 Å². The normalized spacial score (nSPS) is 13.2. The number of fused-ring (bicyclic) bond motifs is 1. The Morgan fingerprint density at radius 3 is 2.69 bits per heavy atom. The van der Waals surface area contributed by atoms with Gasteiger partial charge in [-0.15, -0.1) is 0 Å². The molecule has 3 nitrogen and oxygen atoms in total. The lowest BCUT2D eigenvalue weighted by Crippen LogP contribution is -2.25. The van der Waals surface area contributed by atoms with Gasteiger partial charge in [-0.3, -0.25) is 0 Å². The van der Waals surface area contributed by atoms with Crippen LogP contribution < -0.4 is 5.73 Å². The Labute approximate surface area is 95.5 Å². The lowest BCUT2D eigenvalue weighted by molar-refractivity contribution is 0.163. The molecular weight excluding hydrogens is 200 g/mol. The van der Waals surface area contributed by atoms with E-state index in [9.17, 15) is 5.11 Å². The maximum Gasteiger partial charge on any atom is 0.0841 e. The fourth-order valence-electron chi connectivity index (χ4n) is 2.12. The fourth-order valence-corrected chi connectivity index (χ4v) is 2.12. The summed E-state index contributed by atoms with van der Waals surface area (Å²) in [6.45, 7) is 5.06. The van der Waals surface area contributed by atoms with E-state index < -0.39 is 6.10 Å². The quantitative estimate of drug-likeness (QED) is 0.821. The van der Waals surface area contributed by atoms with Crippen molar-refractivity contribution in [2.75, 3.05) is 6.54 Å². The second-order valence-corrected chi connectivity index (χ2v) is 4.23. The molecule has 0 fully saturated rings. The molecule has 1 aromatic carbocycles. The molecule has 0 bridgehead atoms. The molecule has 1 aromatic heterocycles. The van der Waals surface area contributed by atoms with E-state index in [1.807, 2.05) is 12.1 Å². The number of aliphatic hydroxyl groups is 1. The summed E-state index contributed by atoms with van der Waals surface area (Å²) in [5.41, 5.74) is 9.11. The van der Waals surface area contributed by atoms with Crippen molar-refractivity contribution in [3.8, 4) is 0 Å². The van der Waals surface area contributed by atoms with Crippen LogP contribution in [0.3, 0.4) is 0 Å². The van der Waals surface area contributed by atoms with Gasteiger partial charge in [-0.05, 0) is 25.5 Å². The first-order valence-electron chi connectivity index (χ1n) is 5.57. The van der Waals surface area contributed by atoms with Crippen LogP contribution in [-0.2, 0) is 6.54 Å². The summed E-state index contributed by atoms with van der Waals surface area (Å²) in [5, 5.41) is 10.9. The number of hydrogen-bond donors (Lipinski definition) is 2. The van der Waals surface area contributed by atoms with Crippen LogP contribution >= 0.6 is 0 Å². The van der Waals surface area contributed by atoms with E-state index in [1.165, 1.54) is 22.2 Å². The zero-order valence-electron chi connectivity index (χ0n) is 9.77. The number of nitrogens with two attached hydrogens (primary N) is 1. The molecular formula is C13H18N2O. The molecule has 1 unspecified atom stereocenters. The van der Waals surface area contributed by atoms with Gasteiger partial charge in [0.1, 0.15) is 0 Å². The maximum atomic E-state index is 9.66. The molecule has 0 aliphatic heterocycles. The zero-order chi connectivity index (χ0) is 11.7. The third-order valence-corrected chi connectivity index (χ3v) is 3.21. The van der Waals surface area contributed by atoms with Crippen LogP contribution in [0, 0.1) is 13.8 Å². The molecule has 0 saturated carbocycles. The summed E-state index contributed by atoms with van der Waals surface area (Å²) < 4.78 is 2.14. The highest BCUT2D eigenvalue weighted by atomic mass is 16.3. The second kappa shape index (κ2) is 4.28. The smallest absolute Gasteiger partial charge is 0.0841 e. The average Bonchev–Trinajstić information content (AvgIpc) is 2.55. The number of benzene rings is 1. The van der Waals surface area contributed by atoms with Gasteiger partial charge in [0.25, 0.3) is 0 Å². The largest absolute Gasteiger partial charge is 0.390 e. The highest BCUT2D eigenvalue weighted by Crippen LogP contribution is 2.24. The Balaban J connectivity index is 2.55. The summed E-state index contributed by atoms with van der Waals surface area (Å²) in [7, 11) is 0. The Morgan fingerprint density at radius 2 is 2.00 bits per heavy atom. The average molecular weight is 218 g/mol. The first-order chi connectivity index (χ1) is 7.65. The van der Waals surface area contributed by atoms with E-state index in [0.717, 1.165) is 0 Å². The number of aromatic nitrogens is 1. The minimum atomic E-state index is -0.478. The Morgan fingerprint density at radius 1 is 1.31 bits per heavy atom. The van der Waals surface area contributed by atoms with Gasteiger partial charge in [-0.2, -0.15) is 0 Å². The van der Waals surface area contributed by atoms with Crippen molar-refractivity contribution in [2.45, 2.75) is 26.5 Å². The summed E-state index contributed by atoms with van der Waals surface area (Å²) in [6.07, 6.45) is -0.478. The lowest BCUT2D eigenvalue weighted by Gasteiger charge is -2.12. The number of aliphatic hydroxyl groups excluding tert-OH is 1. The fraction of sp³-hybridized carbons (Fsp3) is 0.385. The summed E-state index contributed by atoms with van der Waals surface area (Å²) >= 11 is 0. The van der Waals surface area contributed by atoms with Crippen LogP contribution in [0.5, 0.6) is 0 Å². The highest BCUT2D eigenvalue weighted by Gasteiger charge is 2.12.